The molecule has 0 saturated heterocycles. The summed E-state index contributed by atoms with van der Waals surface area (Å²) in [7, 11) is -3.67. The maximum atomic E-state index is 9.67. The molecule has 0 heterocycles. The van der Waals surface area contributed by atoms with E-state index in [0.717, 1.165) is 47.9 Å². The van der Waals surface area contributed by atoms with Gasteiger partial charge in [-0.05, 0) is 0 Å². The average Bonchev–Trinajstić information content (AvgIpc) is 1.25. The largest absolute Gasteiger partial charge is 0.762 e. The van der Waals surface area contributed by atoms with Crippen molar-refractivity contribution in [3.63, 3.8) is 0 Å². The number of alkyl halides is 1. The van der Waals surface area contributed by atoms with Gasteiger partial charge in [0.1, 0.15) is 0 Å². The van der Waals surface area contributed by atoms with Crippen molar-refractivity contribution in [3.8, 4) is 0 Å². The third-order valence-electron chi connectivity index (χ3n) is 0. The predicted molar refractivity (Wildman–Crippen MR) is 33.2 cm³/mol. The van der Waals surface area contributed by atoms with E-state index >= 15 is 0 Å². The minimum atomic E-state index is -3.67. The molecule has 8 heavy (non-hydrogen) atoms. The first kappa shape index (κ1) is 12.6. The molecular weight excluding hydrogens is 211 g/mol. The fraction of sp³-hybridized carbons (Fsp3) is 1.00. The van der Waals surface area contributed by atoms with Crippen LogP contribution in [0.15, 0.2) is 0 Å². The molecule has 0 bridgehead atoms. The summed E-state index contributed by atoms with van der Waals surface area (Å²) in [5.74, 6) is 0. The topological polar surface area (TPSA) is 0 Å². The van der Waals surface area contributed by atoms with E-state index in [1.165, 1.54) is 0 Å². The fourth-order valence-electron chi connectivity index (χ4n) is 0. The number of rotatable bonds is 0. The molecule has 0 aliphatic heterocycles. The minimum absolute atomic E-state index is 0.833. The Morgan fingerprint density at radius 3 is 1.50 bits per heavy atom. The quantitative estimate of drug-likeness (QED) is 0.426. The van der Waals surface area contributed by atoms with Gasteiger partial charge in [0.2, 0.25) is 0 Å². The molecule has 0 aromatic rings. The maximum absolute atomic E-state index is 9.67. The van der Waals surface area contributed by atoms with Gasteiger partial charge in [-0.1, -0.05) is 0 Å². The van der Waals surface area contributed by atoms with Crippen LogP contribution in [-0.4, -0.2) is 55.4 Å². The third-order valence-corrected chi connectivity index (χ3v) is 0. The second-order valence-corrected chi connectivity index (χ2v) is 8.44. The Balaban J connectivity index is 0. The summed E-state index contributed by atoms with van der Waals surface area (Å²) < 4.78 is 29.8. The summed E-state index contributed by atoms with van der Waals surface area (Å²) in [5, 5.41) is 0. The van der Waals surface area contributed by atoms with E-state index in [-0.39, 0.29) is 0 Å². The molecule has 44 valence electrons. The summed E-state index contributed by atoms with van der Waals surface area (Å²) >= 11 is 4.33. The molecule has 1 atom stereocenters. The Morgan fingerprint density at radius 2 is 1.50 bits per heavy atom. The van der Waals surface area contributed by atoms with Gasteiger partial charge in [-0.3, -0.25) is 12.9 Å². The summed E-state index contributed by atoms with van der Waals surface area (Å²) in [5.41, 5.74) is 0. The van der Waals surface area contributed by atoms with E-state index in [4.69, 9.17) is 0 Å². The molecule has 0 aliphatic carbocycles. The molecule has 0 radical (unpaired) electrons. The normalized spacial score (nSPS) is 11.4. The van der Waals surface area contributed by atoms with E-state index < -0.39 is 7.54 Å². The summed E-state index contributed by atoms with van der Waals surface area (Å²) in [6.07, 6.45) is 0. The number of halogens is 4. The Kier molecular flexibility index (Phi) is 14.2. The first-order valence-electron chi connectivity index (χ1n) is 2.03. The van der Waals surface area contributed by atoms with E-state index in [0.29, 0.717) is 0 Å². The van der Waals surface area contributed by atoms with E-state index in [1.54, 1.807) is 0 Å². The van der Waals surface area contributed by atoms with Crippen molar-refractivity contribution in [2.45, 2.75) is 5.85 Å². The zero-order valence-electron chi connectivity index (χ0n) is 4.67. The van der Waals surface area contributed by atoms with Crippen LogP contribution in [0.4, 0.5) is 12.9 Å². The molecular formula is C2H4BBrF3K. The second kappa shape index (κ2) is 8.97. The van der Waals surface area contributed by atoms with E-state index in [9.17, 15) is 12.9 Å². The second-order valence-electron chi connectivity index (χ2n) is 1.26. The van der Waals surface area contributed by atoms with Crippen molar-refractivity contribution in [3.05, 3.63) is 0 Å². The van der Waals surface area contributed by atoms with E-state index in [1.807, 2.05) is 0 Å². The van der Waals surface area contributed by atoms with Gasteiger partial charge in [0.15, 0.2) is 0 Å². The molecule has 0 nitrogen and oxygen atoms in total. The standard InChI is InChI=1S/C2H4Br.BF3.K/c1-2-3;2-1(3)4;/h2H,1H3;;. The third kappa shape index (κ3) is 99.7. The smallest absolute Gasteiger partial charge is 0.254 e. The van der Waals surface area contributed by atoms with Gasteiger partial charge < -0.3 is 0 Å². The van der Waals surface area contributed by atoms with Crippen LogP contribution < -0.4 is 0 Å². The van der Waals surface area contributed by atoms with Crippen molar-refractivity contribution >= 4 is 72.4 Å². The van der Waals surface area contributed by atoms with Crippen LogP contribution in [0.1, 0.15) is 6.92 Å². The molecule has 0 spiro atoms. The fourth-order valence-corrected chi connectivity index (χ4v) is 0. The van der Waals surface area contributed by atoms with E-state index in [2.05, 4.69) is 22.9 Å². The Hall–Kier alpha value is 1.97. The molecule has 0 fully saturated rings. The summed E-state index contributed by atoms with van der Waals surface area (Å²) in [6.45, 7) is 2.17. The van der Waals surface area contributed by atoms with Gasteiger partial charge in [-0.15, -0.1) is 0 Å². The average molecular weight is 215 g/mol. The van der Waals surface area contributed by atoms with Crippen LogP contribution in [0.2, 0.25) is 0 Å². The van der Waals surface area contributed by atoms with Gasteiger partial charge in [0, 0.05) is 0 Å². The maximum Gasteiger partial charge on any atom is 0.762 e. The van der Waals surface area contributed by atoms with Gasteiger partial charge >= 0.3 is 78.3 Å². The van der Waals surface area contributed by atoms with Gasteiger partial charge in [0.05, 0.1) is 0 Å². The van der Waals surface area contributed by atoms with Crippen LogP contribution in [0.5, 0.6) is 0 Å². The Bertz CT molecular complexity index is 32.8. The molecule has 6 heteroatoms. The van der Waals surface area contributed by atoms with Crippen LogP contribution in [-0.2, 0) is 0 Å². The first-order chi connectivity index (χ1) is 3.46. The number of hydrogen-bond acceptors (Lipinski definition) is 0. The van der Waals surface area contributed by atoms with Gasteiger partial charge in [-0.25, -0.2) is 0 Å². The molecule has 0 saturated carbocycles. The molecule has 0 aromatic heterocycles. The Labute approximate surface area is 89.5 Å². The van der Waals surface area contributed by atoms with Crippen LogP contribution >= 0.6 is 15.9 Å². The number of hydrogen-bond donors (Lipinski definition) is 0. The summed E-state index contributed by atoms with van der Waals surface area (Å²) in [6, 6.07) is 0. The monoisotopic (exact) mass is 214 g/mol. The van der Waals surface area contributed by atoms with Crippen LogP contribution in [0, 0.1) is 0 Å². The zero-order valence-corrected chi connectivity index (χ0v) is 9.38. The molecule has 0 amide bonds. The SMILES string of the molecule is C[CH]([K])Br.FB(F)F. The van der Waals surface area contributed by atoms with Crippen molar-refractivity contribution < 1.29 is 12.9 Å². The van der Waals surface area contributed by atoms with Crippen LogP contribution in [0.25, 0.3) is 0 Å². The van der Waals surface area contributed by atoms with Crippen molar-refractivity contribution in [1.29, 1.82) is 0 Å². The predicted octanol–water partition coefficient (Wildman–Crippen LogP) is 1.78. The van der Waals surface area contributed by atoms with Crippen molar-refractivity contribution in [2.75, 3.05) is 0 Å². The molecule has 0 aliphatic rings. The minimum Gasteiger partial charge on any atom is -0.254 e. The van der Waals surface area contributed by atoms with Gasteiger partial charge in [-0.2, -0.15) is 0 Å². The Morgan fingerprint density at radius 1 is 1.50 bits per heavy atom. The van der Waals surface area contributed by atoms with Crippen molar-refractivity contribution in [1.82, 2.24) is 0 Å². The van der Waals surface area contributed by atoms with Gasteiger partial charge in [0.25, 0.3) is 0 Å². The molecule has 0 rings (SSSR count). The molecule has 1 unspecified atom stereocenters. The molecule has 0 aromatic carbocycles. The summed E-state index contributed by atoms with van der Waals surface area (Å²) in [4.78, 5) is 0. The first-order valence-corrected chi connectivity index (χ1v) is 4.75. The van der Waals surface area contributed by atoms with Crippen LogP contribution in [0.3, 0.4) is 0 Å². The molecule has 0 N–H and O–H groups in total. The zero-order chi connectivity index (χ0) is 7.15. The van der Waals surface area contributed by atoms with Crippen molar-refractivity contribution in [2.24, 2.45) is 0 Å².